The van der Waals surface area contributed by atoms with Crippen molar-refractivity contribution >= 4 is 17.3 Å². The van der Waals surface area contributed by atoms with Crippen molar-refractivity contribution in [1.82, 2.24) is 0 Å². The first-order chi connectivity index (χ1) is 9.40. The van der Waals surface area contributed by atoms with Crippen molar-refractivity contribution < 1.29 is 14.5 Å². The van der Waals surface area contributed by atoms with Gasteiger partial charge in [-0.05, 0) is 12.1 Å². The van der Waals surface area contributed by atoms with E-state index in [2.05, 4.69) is 4.74 Å². The van der Waals surface area contributed by atoms with Crippen molar-refractivity contribution in [2.24, 2.45) is 5.92 Å². The highest BCUT2D eigenvalue weighted by Crippen LogP contribution is 2.28. The molecule has 0 aliphatic heterocycles. The van der Waals surface area contributed by atoms with Gasteiger partial charge in [0.15, 0.2) is 0 Å². The van der Waals surface area contributed by atoms with Crippen LogP contribution in [0.4, 0.5) is 11.4 Å². The molecule has 0 aliphatic rings. The van der Waals surface area contributed by atoms with Crippen LogP contribution < -0.4 is 4.90 Å². The van der Waals surface area contributed by atoms with Crippen molar-refractivity contribution in [2.75, 3.05) is 25.6 Å². The Balaban J connectivity index is 3.04. The molecule has 20 heavy (non-hydrogen) atoms. The van der Waals surface area contributed by atoms with E-state index < -0.39 is 10.8 Å². The zero-order valence-electron chi connectivity index (χ0n) is 11.5. The minimum atomic E-state index is -0.546. The Morgan fingerprint density at radius 1 is 1.60 bits per heavy atom. The Morgan fingerprint density at radius 3 is 2.75 bits per heavy atom. The normalized spacial score (nSPS) is 11.3. The Labute approximate surface area is 116 Å². The molecular formula is C13H15N3O4. The molecule has 106 valence electrons. The summed E-state index contributed by atoms with van der Waals surface area (Å²) < 4.78 is 4.62. The van der Waals surface area contributed by atoms with Gasteiger partial charge in [0.05, 0.1) is 29.6 Å². The maximum atomic E-state index is 11.4. The maximum absolute atomic E-state index is 11.4. The lowest BCUT2D eigenvalue weighted by atomic mass is 10.1. The van der Waals surface area contributed by atoms with Gasteiger partial charge in [-0.3, -0.25) is 14.9 Å². The van der Waals surface area contributed by atoms with E-state index in [1.165, 1.54) is 25.3 Å². The molecular weight excluding hydrogens is 262 g/mol. The summed E-state index contributed by atoms with van der Waals surface area (Å²) in [5.74, 6) is -0.798. The highest BCUT2D eigenvalue weighted by molar-refractivity contribution is 5.73. The first kappa shape index (κ1) is 15.4. The summed E-state index contributed by atoms with van der Waals surface area (Å²) >= 11 is 0. The van der Waals surface area contributed by atoms with Crippen molar-refractivity contribution in [3.05, 3.63) is 33.9 Å². The second-order valence-electron chi connectivity index (χ2n) is 4.38. The molecule has 0 aliphatic carbocycles. The second-order valence-corrected chi connectivity index (χ2v) is 4.38. The molecule has 1 rings (SSSR count). The zero-order valence-corrected chi connectivity index (χ0v) is 11.5. The van der Waals surface area contributed by atoms with E-state index in [-0.39, 0.29) is 23.8 Å². The third-order valence-electron chi connectivity index (χ3n) is 2.86. The topological polar surface area (TPSA) is 96.5 Å². The van der Waals surface area contributed by atoms with Gasteiger partial charge < -0.3 is 9.64 Å². The van der Waals surface area contributed by atoms with Crippen LogP contribution in [0.2, 0.25) is 0 Å². The number of rotatable bonds is 5. The Hall–Kier alpha value is -2.62. The van der Waals surface area contributed by atoms with Crippen molar-refractivity contribution in [1.29, 1.82) is 5.26 Å². The first-order valence-electron chi connectivity index (χ1n) is 5.88. The van der Waals surface area contributed by atoms with Gasteiger partial charge in [0, 0.05) is 19.7 Å². The van der Waals surface area contributed by atoms with E-state index in [4.69, 9.17) is 5.26 Å². The van der Waals surface area contributed by atoms with Gasteiger partial charge in [0.2, 0.25) is 0 Å². The van der Waals surface area contributed by atoms with Gasteiger partial charge in [-0.15, -0.1) is 0 Å². The summed E-state index contributed by atoms with van der Waals surface area (Å²) in [6.07, 6.45) is 0. The van der Waals surface area contributed by atoms with Gasteiger partial charge >= 0.3 is 5.97 Å². The number of esters is 1. The first-order valence-corrected chi connectivity index (χ1v) is 5.88. The number of benzene rings is 1. The number of nitriles is 1. The van der Waals surface area contributed by atoms with Gasteiger partial charge in [0.1, 0.15) is 5.69 Å². The number of ether oxygens (including phenoxy) is 1. The summed E-state index contributed by atoms with van der Waals surface area (Å²) in [6.45, 7) is 1.96. The molecule has 1 aromatic rings. The fourth-order valence-electron chi connectivity index (χ4n) is 1.85. The van der Waals surface area contributed by atoms with Crippen molar-refractivity contribution in [2.45, 2.75) is 6.92 Å². The summed E-state index contributed by atoms with van der Waals surface area (Å²) in [5.41, 5.74) is 0.406. The number of carbonyl (C=O) groups excluding carboxylic acids is 1. The number of hydrogen-bond donors (Lipinski definition) is 0. The smallest absolute Gasteiger partial charge is 0.310 e. The van der Waals surface area contributed by atoms with Crippen LogP contribution in [0.25, 0.3) is 0 Å². The van der Waals surface area contributed by atoms with Crippen LogP contribution in [0.15, 0.2) is 18.2 Å². The largest absolute Gasteiger partial charge is 0.469 e. The Kier molecular flexibility index (Phi) is 5.03. The number of nitro benzene ring substituents is 1. The number of nitrogens with zero attached hydrogens (tertiary/aromatic N) is 3. The Morgan fingerprint density at radius 2 is 2.25 bits per heavy atom. The lowest BCUT2D eigenvalue weighted by Crippen LogP contribution is -2.29. The third kappa shape index (κ3) is 3.45. The summed E-state index contributed by atoms with van der Waals surface area (Å²) in [4.78, 5) is 23.5. The van der Waals surface area contributed by atoms with E-state index >= 15 is 0 Å². The van der Waals surface area contributed by atoms with E-state index in [0.29, 0.717) is 5.69 Å². The molecule has 0 saturated heterocycles. The SMILES string of the molecule is COC(=O)C(C)CN(C)c1ccc(C#N)cc1[N+](=O)[O-]. The molecule has 0 amide bonds. The molecule has 1 aromatic carbocycles. The summed E-state index contributed by atoms with van der Waals surface area (Å²) in [7, 11) is 2.94. The van der Waals surface area contributed by atoms with Gasteiger partial charge in [-0.25, -0.2) is 0 Å². The van der Waals surface area contributed by atoms with Crippen LogP contribution in [0.3, 0.4) is 0 Å². The molecule has 0 N–H and O–H groups in total. The zero-order chi connectivity index (χ0) is 15.3. The van der Waals surface area contributed by atoms with Crippen molar-refractivity contribution in [3.63, 3.8) is 0 Å². The lowest BCUT2D eigenvalue weighted by molar-refractivity contribution is -0.384. The number of anilines is 1. The molecule has 1 unspecified atom stereocenters. The second kappa shape index (κ2) is 6.52. The molecule has 0 spiro atoms. The minimum absolute atomic E-state index is 0.163. The highest BCUT2D eigenvalue weighted by atomic mass is 16.6. The molecule has 1 atom stereocenters. The van der Waals surface area contributed by atoms with Crippen LogP contribution in [0.5, 0.6) is 0 Å². The van der Waals surface area contributed by atoms with Crippen molar-refractivity contribution in [3.8, 4) is 6.07 Å². The molecule has 0 radical (unpaired) electrons. The predicted molar refractivity (Wildman–Crippen MR) is 72.3 cm³/mol. The molecule has 7 heteroatoms. The predicted octanol–water partition coefficient (Wildman–Crippen LogP) is 1.71. The van der Waals surface area contributed by atoms with Crippen LogP contribution in [0, 0.1) is 27.4 Å². The summed E-state index contributed by atoms with van der Waals surface area (Å²) in [6, 6.07) is 6.08. The maximum Gasteiger partial charge on any atom is 0.310 e. The molecule has 0 heterocycles. The van der Waals surface area contributed by atoms with Gasteiger partial charge in [-0.1, -0.05) is 6.92 Å². The van der Waals surface area contributed by atoms with Crippen LogP contribution >= 0.6 is 0 Å². The summed E-state index contributed by atoms with van der Waals surface area (Å²) in [5, 5.41) is 19.8. The molecule has 7 nitrogen and oxygen atoms in total. The van der Waals surface area contributed by atoms with Crippen LogP contribution in [-0.2, 0) is 9.53 Å². The number of hydrogen-bond acceptors (Lipinski definition) is 6. The van der Waals surface area contributed by atoms with Crippen LogP contribution in [0.1, 0.15) is 12.5 Å². The molecule has 0 bridgehead atoms. The van der Waals surface area contributed by atoms with Gasteiger partial charge in [-0.2, -0.15) is 5.26 Å². The highest BCUT2D eigenvalue weighted by Gasteiger charge is 2.22. The minimum Gasteiger partial charge on any atom is -0.469 e. The quantitative estimate of drug-likeness (QED) is 0.462. The lowest BCUT2D eigenvalue weighted by Gasteiger charge is -2.22. The number of methoxy groups -OCH3 is 1. The molecule has 0 fully saturated rings. The van der Waals surface area contributed by atoms with Crippen LogP contribution in [-0.4, -0.2) is 31.6 Å². The third-order valence-corrected chi connectivity index (χ3v) is 2.86. The van der Waals surface area contributed by atoms with E-state index in [9.17, 15) is 14.9 Å². The van der Waals surface area contributed by atoms with E-state index in [1.54, 1.807) is 18.9 Å². The monoisotopic (exact) mass is 277 g/mol. The Bertz CT molecular complexity index is 565. The van der Waals surface area contributed by atoms with Gasteiger partial charge in [0.25, 0.3) is 5.69 Å². The average molecular weight is 277 g/mol. The fraction of sp³-hybridized carbons (Fsp3) is 0.385. The van der Waals surface area contributed by atoms with E-state index in [0.717, 1.165) is 0 Å². The molecule has 0 saturated carbocycles. The average Bonchev–Trinajstić information content (AvgIpc) is 2.45. The standard InChI is InChI=1S/C13H15N3O4/c1-9(13(17)20-3)8-15(2)11-5-4-10(7-14)6-12(11)16(18)19/h4-6,9H,8H2,1-3H3. The number of nitro groups is 1. The number of carbonyl (C=O) groups is 1. The fourth-order valence-corrected chi connectivity index (χ4v) is 1.85. The molecule has 0 aromatic heterocycles. The van der Waals surface area contributed by atoms with E-state index in [1.807, 2.05) is 6.07 Å².